The molecule has 1 heterocycles. The number of isocyanates is 1. The lowest BCUT2D eigenvalue weighted by atomic mass is 9.98. The average molecular weight is 164 g/mol. The van der Waals surface area contributed by atoms with E-state index in [1.807, 2.05) is 0 Å². The summed E-state index contributed by atoms with van der Waals surface area (Å²) >= 11 is 0. The summed E-state index contributed by atoms with van der Waals surface area (Å²) in [7, 11) is 2.10. The summed E-state index contributed by atoms with van der Waals surface area (Å²) in [6.45, 7) is 2.17. The standard InChI is InChI=1S/C9H12N2O/c1-11-6-3-9(4-7-11)2-5-10-8-12/h9H,3-4,6-7H2,1H3. The molecule has 3 nitrogen and oxygen atoms in total. The predicted molar refractivity (Wildman–Crippen MR) is 46.1 cm³/mol. The van der Waals surface area contributed by atoms with Crippen molar-refractivity contribution in [2.24, 2.45) is 10.9 Å². The molecule has 1 aliphatic heterocycles. The van der Waals surface area contributed by atoms with Crippen LogP contribution in [0.3, 0.4) is 0 Å². The minimum atomic E-state index is 0.415. The summed E-state index contributed by atoms with van der Waals surface area (Å²) in [5, 5.41) is 0. The summed E-state index contributed by atoms with van der Waals surface area (Å²) in [4.78, 5) is 15.2. The van der Waals surface area contributed by atoms with E-state index in [9.17, 15) is 4.79 Å². The maximum Gasteiger partial charge on any atom is 0.249 e. The highest BCUT2D eigenvalue weighted by atomic mass is 16.1. The molecule has 12 heavy (non-hydrogen) atoms. The molecule has 3 heteroatoms. The molecule has 1 rings (SSSR count). The maximum absolute atomic E-state index is 9.70. The van der Waals surface area contributed by atoms with Crippen LogP contribution in [0.1, 0.15) is 12.8 Å². The van der Waals surface area contributed by atoms with Gasteiger partial charge in [-0.25, -0.2) is 4.79 Å². The molecular formula is C9H12N2O. The lowest BCUT2D eigenvalue weighted by molar-refractivity contribution is 0.248. The minimum Gasteiger partial charge on any atom is -0.306 e. The van der Waals surface area contributed by atoms with Crippen LogP contribution >= 0.6 is 0 Å². The lowest BCUT2D eigenvalue weighted by Crippen LogP contribution is -2.29. The highest BCUT2D eigenvalue weighted by Gasteiger charge is 2.13. The van der Waals surface area contributed by atoms with Crippen molar-refractivity contribution in [2.45, 2.75) is 12.8 Å². The Morgan fingerprint density at radius 2 is 2.08 bits per heavy atom. The van der Waals surface area contributed by atoms with Gasteiger partial charge in [-0.05, 0) is 33.0 Å². The molecule has 1 fully saturated rings. The van der Waals surface area contributed by atoms with Crippen LogP contribution in [0.2, 0.25) is 0 Å². The fraction of sp³-hybridized carbons (Fsp3) is 0.667. The van der Waals surface area contributed by atoms with Gasteiger partial charge in [-0.3, -0.25) is 0 Å². The first-order chi connectivity index (χ1) is 5.83. The Hall–Kier alpha value is -1.10. The van der Waals surface area contributed by atoms with E-state index < -0.39 is 0 Å². The first-order valence-corrected chi connectivity index (χ1v) is 4.09. The van der Waals surface area contributed by atoms with Gasteiger partial charge in [0.2, 0.25) is 6.08 Å². The third-order valence-electron chi connectivity index (χ3n) is 2.09. The molecule has 0 atom stereocenters. The molecule has 0 aromatic carbocycles. The molecule has 0 aromatic heterocycles. The number of carbonyl (C=O) groups excluding carboxylic acids is 1. The second kappa shape index (κ2) is 4.71. The third kappa shape index (κ3) is 2.87. The molecule has 0 aromatic rings. The van der Waals surface area contributed by atoms with Gasteiger partial charge in [0.05, 0.1) is 0 Å². The molecule has 0 spiro atoms. The summed E-state index contributed by atoms with van der Waals surface area (Å²) < 4.78 is 0. The highest BCUT2D eigenvalue weighted by molar-refractivity contribution is 5.36. The van der Waals surface area contributed by atoms with Crippen LogP contribution in [0.25, 0.3) is 0 Å². The monoisotopic (exact) mass is 164 g/mol. The van der Waals surface area contributed by atoms with Crippen molar-refractivity contribution in [1.82, 2.24) is 4.90 Å². The molecule has 0 amide bonds. The molecule has 0 saturated carbocycles. The van der Waals surface area contributed by atoms with Gasteiger partial charge in [0.1, 0.15) is 0 Å². The fourth-order valence-corrected chi connectivity index (χ4v) is 1.30. The molecule has 0 radical (unpaired) electrons. The molecule has 0 aliphatic carbocycles. The Bertz CT molecular complexity index is 237. The predicted octanol–water partition coefficient (Wildman–Crippen LogP) is 0.625. The second-order valence-corrected chi connectivity index (χ2v) is 3.04. The van der Waals surface area contributed by atoms with Crippen LogP contribution in [-0.4, -0.2) is 31.1 Å². The fourth-order valence-electron chi connectivity index (χ4n) is 1.30. The lowest BCUT2D eigenvalue weighted by Gasteiger charge is -2.25. The van der Waals surface area contributed by atoms with Crippen LogP contribution in [0.4, 0.5) is 0 Å². The Balaban J connectivity index is 2.36. The van der Waals surface area contributed by atoms with Gasteiger partial charge in [0.25, 0.3) is 0 Å². The Labute approximate surface area is 72.5 Å². The van der Waals surface area contributed by atoms with E-state index in [2.05, 4.69) is 28.9 Å². The molecule has 0 N–H and O–H groups in total. The normalized spacial score (nSPS) is 19.1. The summed E-state index contributed by atoms with van der Waals surface area (Å²) in [5.41, 5.74) is 0. The molecular weight excluding hydrogens is 152 g/mol. The zero-order valence-electron chi connectivity index (χ0n) is 7.21. The average Bonchev–Trinajstić information content (AvgIpc) is 2.09. The zero-order valence-corrected chi connectivity index (χ0v) is 7.21. The SMILES string of the molecule is CN1CCC(C#CN=C=O)CC1. The van der Waals surface area contributed by atoms with E-state index in [-0.39, 0.29) is 0 Å². The number of hydrogen-bond donors (Lipinski definition) is 0. The van der Waals surface area contributed by atoms with Crippen molar-refractivity contribution in [3.8, 4) is 12.0 Å². The van der Waals surface area contributed by atoms with E-state index in [0.717, 1.165) is 25.9 Å². The molecule has 64 valence electrons. The quantitative estimate of drug-likeness (QED) is 0.299. The Kier molecular flexibility index (Phi) is 3.53. The third-order valence-corrected chi connectivity index (χ3v) is 2.09. The van der Waals surface area contributed by atoms with Crippen LogP contribution in [0, 0.1) is 17.9 Å². The van der Waals surface area contributed by atoms with Gasteiger partial charge < -0.3 is 4.90 Å². The van der Waals surface area contributed by atoms with Crippen molar-refractivity contribution in [1.29, 1.82) is 0 Å². The van der Waals surface area contributed by atoms with Crippen molar-refractivity contribution < 1.29 is 4.79 Å². The zero-order chi connectivity index (χ0) is 8.81. The first-order valence-electron chi connectivity index (χ1n) is 4.09. The number of piperidine rings is 1. The van der Waals surface area contributed by atoms with Crippen molar-refractivity contribution in [3.63, 3.8) is 0 Å². The minimum absolute atomic E-state index is 0.415. The van der Waals surface area contributed by atoms with Crippen LogP contribution in [0.15, 0.2) is 4.99 Å². The summed E-state index contributed by atoms with van der Waals surface area (Å²) in [6.07, 6.45) is 3.57. The van der Waals surface area contributed by atoms with E-state index >= 15 is 0 Å². The number of rotatable bonds is 0. The van der Waals surface area contributed by atoms with E-state index in [1.165, 1.54) is 6.08 Å². The second-order valence-electron chi connectivity index (χ2n) is 3.04. The van der Waals surface area contributed by atoms with Gasteiger partial charge in [-0.15, -0.1) is 4.99 Å². The smallest absolute Gasteiger partial charge is 0.249 e. The largest absolute Gasteiger partial charge is 0.306 e. The van der Waals surface area contributed by atoms with Crippen LogP contribution < -0.4 is 0 Å². The highest BCUT2D eigenvalue weighted by Crippen LogP contribution is 2.14. The molecule has 0 bridgehead atoms. The maximum atomic E-state index is 9.70. The van der Waals surface area contributed by atoms with Gasteiger partial charge in [0, 0.05) is 12.0 Å². The Morgan fingerprint density at radius 3 is 2.67 bits per heavy atom. The topological polar surface area (TPSA) is 32.7 Å². The van der Waals surface area contributed by atoms with Crippen molar-refractivity contribution in [2.75, 3.05) is 20.1 Å². The molecule has 1 saturated heterocycles. The number of hydrogen-bond acceptors (Lipinski definition) is 3. The Morgan fingerprint density at radius 1 is 1.42 bits per heavy atom. The van der Waals surface area contributed by atoms with Crippen LogP contribution in [0.5, 0.6) is 0 Å². The number of likely N-dealkylation sites (tertiary alicyclic amines) is 1. The first kappa shape index (κ1) is 8.99. The van der Waals surface area contributed by atoms with Crippen molar-refractivity contribution >= 4 is 6.08 Å². The van der Waals surface area contributed by atoms with Crippen LogP contribution in [-0.2, 0) is 4.79 Å². The van der Waals surface area contributed by atoms with Gasteiger partial charge >= 0.3 is 0 Å². The molecule has 0 unspecified atom stereocenters. The summed E-state index contributed by atoms with van der Waals surface area (Å²) in [6, 6.07) is 2.45. The van der Waals surface area contributed by atoms with E-state index in [0.29, 0.717) is 5.92 Å². The van der Waals surface area contributed by atoms with Gasteiger partial charge in [0.15, 0.2) is 0 Å². The van der Waals surface area contributed by atoms with Crippen molar-refractivity contribution in [3.05, 3.63) is 0 Å². The van der Waals surface area contributed by atoms with E-state index in [4.69, 9.17) is 0 Å². The van der Waals surface area contributed by atoms with Gasteiger partial charge in [-0.2, -0.15) is 0 Å². The van der Waals surface area contributed by atoms with Gasteiger partial charge in [-0.1, -0.05) is 5.92 Å². The van der Waals surface area contributed by atoms with E-state index in [1.54, 1.807) is 0 Å². The number of aliphatic imine (C=N–C) groups is 1. The molecule has 1 aliphatic rings. The summed E-state index contributed by atoms with van der Waals surface area (Å²) in [5.74, 6) is 3.35. The number of nitrogens with zero attached hydrogens (tertiary/aromatic N) is 2.